The van der Waals surface area contributed by atoms with E-state index in [0.29, 0.717) is 43.8 Å². The van der Waals surface area contributed by atoms with Gasteiger partial charge in [-0.3, -0.25) is 9.59 Å². The molecule has 1 atom stereocenters. The van der Waals surface area contributed by atoms with Crippen LogP contribution in [0.4, 0.5) is 0 Å². The second kappa shape index (κ2) is 16.6. The second-order valence-electron chi connectivity index (χ2n) is 17.8. The van der Waals surface area contributed by atoms with Crippen molar-refractivity contribution in [2.24, 2.45) is 0 Å². The van der Waals surface area contributed by atoms with E-state index < -0.39 is 0 Å². The van der Waals surface area contributed by atoms with Gasteiger partial charge in [-0.15, -0.1) is 0 Å². The van der Waals surface area contributed by atoms with Gasteiger partial charge >= 0.3 is 11.9 Å². The summed E-state index contributed by atoms with van der Waals surface area (Å²) >= 11 is 0. The van der Waals surface area contributed by atoms with E-state index in [1.807, 2.05) is 31.2 Å². The van der Waals surface area contributed by atoms with Gasteiger partial charge in [0.2, 0.25) is 0 Å². The number of unbranched alkanes of at least 4 members (excludes halogenated alkanes) is 3. The molecular formula is C42H66O6. The van der Waals surface area contributed by atoms with Crippen molar-refractivity contribution in [1.82, 2.24) is 0 Å². The van der Waals surface area contributed by atoms with Crippen LogP contribution in [0.15, 0.2) is 24.3 Å². The summed E-state index contributed by atoms with van der Waals surface area (Å²) in [6, 6.07) is 8.10. The third-order valence-electron chi connectivity index (χ3n) is 8.91. The van der Waals surface area contributed by atoms with E-state index in [0.717, 1.165) is 65.5 Å². The lowest BCUT2D eigenvalue weighted by Crippen LogP contribution is -2.18. The summed E-state index contributed by atoms with van der Waals surface area (Å²) in [5.74, 6) is 0.301. The Hall–Kier alpha value is -3.02. The minimum atomic E-state index is -0.209. The lowest BCUT2D eigenvalue weighted by molar-refractivity contribution is -0.148. The maximum absolute atomic E-state index is 12.6. The molecule has 2 N–H and O–H groups in total. The van der Waals surface area contributed by atoms with E-state index >= 15 is 0 Å². The minimum Gasteiger partial charge on any atom is -0.507 e. The molecule has 6 heteroatoms. The standard InChI is InChI=1S/C42H66O6/c1-28(48-36(44)22-20-30-26-33(41(8,9)10)38(46)34(27-30)42(11,12)13)18-16-14-15-17-23-47-35(43)21-19-29-24-31(39(2,3)4)37(45)32(25-29)40(5,6)7/h24-28,45-46H,14-23H2,1-13H3. The molecule has 0 radical (unpaired) electrons. The van der Waals surface area contributed by atoms with Crippen molar-refractivity contribution in [2.75, 3.05) is 6.61 Å². The van der Waals surface area contributed by atoms with Crippen LogP contribution in [0.3, 0.4) is 0 Å². The largest absolute Gasteiger partial charge is 0.507 e. The second-order valence-corrected chi connectivity index (χ2v) is 17.8. The summed E-state index contributed by atoms with van der Waals surface area (Å²) in [5.41, 5.74) is 4.86. The first-order valence-corrected chi connectivity index (χ1v) is 18.0. The third-order valence-corrected chi connectivity index (χ3v) is 8.91. The van der Waals surface area contributed by atoms with Crippen molar-refractivity contribution < 1.29 is 29.3 Å². The van der Waals surface area contributed by atoms with Crippen LogP contribution < -0.4 is 0 Å². The molecule has 0 aliphatic heterocycles. The number of carbonyl (C=O) groups is 2. The number of carbonyl (C=O) groups excluding carboxylic acids is 2. The first-order valence-electron chi connectivity index (χ1n) is 18.0. The van der Waals surface area contributed by atoms with E-state index in [2.05, 4.69) is 83.1 Å². The van der Waals surface area contributed by atoms with Gasteiger partial charge in [0.1, 0.15) is 11.5 Å². The summed E-state index contributed by atoms with van der Waals surface area (Å²) in [6.07, 6.45) is 6.08. The topological polar surface area (TPSA) is 93.1 Å². The zero-order chi connectivity index (χ0) is 36.7. The number of hydrogen-bond donors (Lipinski definition) is 2. The van der Waals surface area contributed by atoms with E-state index in [1.54, 1.807) is 0 Å². The van der Waals surface area contributed by atoms with Crippen LogP contribution in [-0.2, 0) is 53.6 Å². The Morgan fingerprint density at radius 1 is 0.583 bits per heavy atom. The van der Waals surface area contributed by atoms with E-state index in [4.69, 9.17) is 9.47 Å². The Kier molecular flexibility index (Phi) is 14.2. The Bertz CT molecular complexity index is 1300. The van der Waals surface area contributed by atoms with Crippen LogP contribution in [0.5, 0.6) is 11.5 Å². The Morgan fingerprint density at radius 2 is 0.938 bits per heavy atom. The molecule has 0 aromatic heterocycles. The molecular weight excluding hydrogens is 600 g/mol. The summed E-state index contributed by atoms with van der Waals surface area (Å²) in [4.78, 5) is 25.1. The number of phenolic OH excluding ortho intramolecular Hbond substituents is 2. The molecule has 0 aliphatic carbocycles. The molecule has 2 aromatic carbocycles. The lowest BCUT2D eigenvalue weighted by Gasteiger charge is -2.28. The molecule has 48 heavy (non-hydrogen) atoms. The van der Waals surface area contributed by atoms with Crippen LogP contribution in [0, 0.1) is 0 Å². The van der Waals surface area contributed by atoms with Crippen LogP contribution in [-0.4, -0.2) is 34.9 Å². The van der Waals surface area contributed by atoms with Gasteiger partial charge in [-0.1, -0.05) is 120 Å². The van der Waals surface area contributed by atoms with Gasteiger partial charge in [-0.25, -0.2) is 0 Å². The van der Waals surface area contributed by atoms with E-state index in [9.17, 15) is 19.8 Å². The van der Waals surface area contributed by atoms with Crippen molar-refractivity contribution in [2.45, 2.75) is 176 Å². The molecule has 0 saturated heterocycles. The number of aromatic hydroxyl groups is 2. The van der Waals surface area contributed by atoms with Crippen LogP contribution in [0.2, 0.25) is 0 Å². The fourth-order valence-corrected chi connectivity index (χ4v) is 5.94. The predicted molar refractivity (Wildman–Crippen MR) is 197 cm³/mol. The molecule has 2 rings (SSSR count). The average molecular weight is 667 g/mol. The van der Waals surface area contributed by atoms with Crippen LogP contribution in [0.1, 0.15) is 168 Å². The summed E-state index contributed by atoms with van der Waals surface area (Å²) in [7, 11) is 0. The van der Waals surface area contributed by atoms with Gasteiger partial charge in [0.05, 0.1) is 12.7 Å². The highest BCUT2D eigenvalue weighted by atomic mass is 16.5. The quantitative estimate of drug-likeness (QED) is 0.154. The summed E-state index contributed by atoms with van der Waals surface area (Å²) in [6.45, 7) is 27.4. The van der Waals surface area contributed by atoms with Gasteiger partial charge in [0, 0.05) is 12.8 Å². The molecule has 0 amide bonds. The molecule has 270 valence electrons. The lowest BCUT2D eigenvalue weighted by atomic mass is 9.78. The molecule has 0 bridgehead atoms. The average Bonchev–Trinajstić information content (AvgIpc) is 2.93. The van der Waals surface area contributed by atoms with Gasteiger partial charge in [0.15, 0.2) is 0 Å². The molecule has 6 nitrogen and oxygen atoms in total. The smallest absolute Gasteiger partial charge is 0.306 e. The van der Waals surface area contributed by atoms with Crippen molar-refractivity contribution in [1.29, 1.82) is 0 Å². The molecule has 2 aromatic rings. The Morgan fingerprint density at radius 3 is 1.31 bits per heavy atom. The predicted octanol–water partition coefficient (Wildman–Crippen LogP) is 10.3. The number of hydrogen-bond acceptors (Lipinski definition) is 6. The highest BCUT2D eigenvalue weighted by Gasteiger charge is 2.28. The maximum atomic E-state index is 12.6. The first kappa shape index (κ1) is 41.2. The summed E-state index contributed by atoms with van der Waals surface area (Å²) in [5, 5.41) is 21.9. The van der Waals surface area contributed by atoms with E-state index in [1.165, 1.54) is 0 Å². The third kappa shape index (κ3) is 12.8. The number of aryl methyl sites for hydroxylation is 2. The molecule has 0 aliphatic rings. The molecule has 0 saturated carbocycles. The van der Waals surface area contributed by atoms with Crippen molar-refractivity contribution in [3.63, 3.8) is 0 Å². The normalized spacial score (nSPS) is 13.4. The SMILES string of the molecule is CC(CCCCCCOC(=O)CCc1cc(C(C)(C)C)c(O)c(C(C)(C)C)c1)OC(=O)CCc1cc(C(C)(C)C)c(O)c(C(C)(C)C)c1. The highest BCUT2D eigenvalue weighted by Crippen LogP contribution is 2.41. The molecule has 0 heterocycles. The minimum absolute atomic E-state index is 0.150. The number of phenols is 2. The first-order chi connectivity index (χ1) is 21.9. The number of benzene rings is 2. The fraction of sp³-hybridized carbons (Fsp3) is 0.667. The van der Waals surface area contributed by atoms with Gasteiger partial charge in [-0.2, -0.15) is 0 Å². The van der Waals surface area contributed by atoms with Gasteiger partial charge in [0.25, 0.3) is 0 Å². The van der Waals surface area contributed by atoms with E-state index in [-0.39, 0.29) is 39.7 Å². The number of rotatable bonds is 14. The zero-order valence-corrected chi connectivity index (χ0v) is 32.5. The van der Waals surface area contributed by atoms with Gasteiger partial charge in [-0.05, 0) is 94.1 Å². The van der Waals surface area contributed by atoms with Crippen LogP contribution >= 0.6 is 0 Å². The van der Waals surface area contributed by atoms with Crippen molar-refractivity contribution in [3.8, 4) is 11.5 Å². The highest BCUT2D eigenvalue weighted by molar-refractivity contribution is 5.70. The Balaban J connectivity index is 1.72. The molecule has 0 fully saturated rings. The zero-order valence-electron chi connectivity index (χ0n) is 32.5. The molecule has 0 spiro atoms. The summed E-state index contributed by atoms with van der Waals surface area (Å²) < 4.78 is 11.2. The van der Waals surface area contributed by atoms with Crippen molar-refractivity contribution in [3.05, 3.63) is 57.6 Å². The number of ether oxygens (including phenoxy) is 2. The van der Waals surface area contributed by atoms with Gasteiger partial charge < -0.3 is 19.7 Å². The maximum Gasteiger partial charge on any atom is 0.306 e. The Labute approximate surface area is 292 Å². The number of esters is 2. The monoisotopic (exact) mass is 666 g/mol. The molecule has 1 unspecified atom stereocenters. The van der Waals surface area contributed by atoms with Crippen molar-refractivity contribution >= 4 is 11.9 Å². The van der Waals surface area contributed by atoms with Crippen LogP contribution in [0.25, 0.3) is 0 Å². The fourth-order valence-electron chi connectivity index (χ4n) is 5.94.